The van der Waals surface area contributed by atoms with Crippen LogP contribution in [0.3, 0.4) is 0 Å². The van der Waals surface area contributed by atoms with E-state index in [1.807, 2.05) is 0 Å². The molecular formula is C31H43F3N4O2. The van der Waals surface area contributed by atoms with Gasteiger partial charge in [-0.3, -0.25) is 9.69 Å². The smallest absolute Gasteiger partial charge is 0.416 e. The third-order valence-corrected chi connectivity index (χ3v) is 8.56. The van der Waals surface area contributed by atoms with Crippen LogP contribution in [0, 0.1) is 13.8 Å². The Morgan fingerprint density at radius 2 is 1.52 bits per heavy atom. The molecule has 0 N–H and O–H groups in total. The number of piperazine rings is 2. The van der Waals surface area contributed by atoms with Gasteiger partial charge in [0.1, 0.15) is 5.75 Å². The topological polar surface area (TPSA) is 39.3 Å². The van der Waals surface area contributed by atoms with Gasteiger partial charge in [0.25, 0.3) is 5.91 Å². The molecule has 2 aromatic carbocycles. The number of amides is 1. The highest BCUT2D eigenvalue weighted by Crippen LogP contribution is 2.32. The van der Waals surface area contributed by atoms with Gasteiger partial charge in [0.15, 0.2) is 0 Å². The zero-order chi connectivity index (χ0) is 28.9. The van der Waals surface area contributed by atoms with Crippen molar-refractivity contribution in [2.75, 3.05) is 72.6 Å². The fraction of sp³-hybridized carbons (Fsp3) is 0.581. The molecule has 2 fully saturated rings. The van der Waals surface area contributed by atoms with Gasteiger partial charge in [0.05, 0.1) is 12.2 Å². The van der Waals surface area contributed by atoms with E-state index in [1.165, 1.54) is 28.8 Å². The van der Waals surface area contributed by atoms with Crippen molar-refractivity contribution < 1.29 is 22.7 Å². The average Bonchev–Trinajstić information content (AvgIpc) is 2.95. The lowest BCUT2D eigenvalue weighted by Gasteiger charge is -2.39. The number of unbranched alkanes of at least 4 members (excludes halogenated alkanes) is 1. The molecule has 4 rings (SSSR count). The largest absolute Gasteiger partial charge is 0.493 e. The molecule has 40 heavy (non-hydrogen) atoms. The van der Waals surface area contributed by atoms with Crippen molar-refractivity contribution in [3.63, 3.8) is 0 Å². The van der Waals surface area contributed by atoms with Gasteiger partial charge in [0, 0.05) is 64.0 Å². The van der Waals surface area contributed by atoms with Gasteiger partial charge in [-0.2, -0.15) is 13.2 Å². The maximum atomic E-state index is 12.9. The van der Waals surface area contributed by atoms with Crippen LogP contribution < -0.4 is 4.74 Å². The quantitative estimate of drug-likeness (QED) is 0.392. The second-order valence-electron chi connectivity index (χ2n) is 11.2. The summed E-state index contributed by atoms with van der Waals surface area (Å²) in [7, 11) is 2.18. The molecule has 1 amide bonds. The van der Waals surface area contributed by atoms with Gasteiger partial charge < -0.3 is 19.4 Å². The fourth-order valence-electron chi connectivity index (χ4n) is 5.61. The van der Waals surface area contributed by atoms with Crippen LogP contribution in [0.2, 0.25) is 0 Å². The molecular weight excluding hydrogens is 517 g/mol. The summed E-state index contributed by atoms with van der Waals surface area (Å²) in [5, 5.41) is 0. The first-order valence-corrected chi connectivity index (χ1v) is 14.4. The number of carbonyl (C=O) groups is 1. The summed E-state index contributed by atoms with van der Waals surface area (Å²) in [4.78, 5) is 21.9. The van der Waals surface area contributed by atoms with E-state index in [0.717, 1.165) is 70.1 Å². The van der Waals surface area contributed by atoms with Crippen LogP contribution >= 0.6 is 0 Å². The SMILES string of the molecule is Cc1c(OCCCCN2CCN(C)CC2)ccc(C(C)N2CCN(C(=O)c3ccc(C(F)(F)F)cc3)CC2)c1C. The Morgan fingerprint density at radius 1 is 0.875 bits per heavy atom. The summed E-state index contributed by atoms with van der Waals surface area (Å²) in [5.41, 5.74) is 3.19. The molecule has 0 aromatic heterocycles. The van der Waals surface area contributed by atoms with Crippen LogP contribution in [0.15, 0.2) is 36.4 Å². The molecule has 0 radical (unpaired) electrons. The number of halogens is 3. The van der Waals surface area contributed by atoms with Gasteiger partial charge in [0.2, 0.25) is 0 Å². The van der Waals surface area contributed by atoms with Crippen LogP contribution in [-0.2, 0) is 6.18 Å². The van der Waals surface area contributed by atoms with Crippen molar-refractivity contribution in [1.82, 2.24) is 19.6 Å². The molecule has 1 atom stereocenters. The minimum absolute atomic E-state index is 0.180. The third kappa shape index (κ3) is 7.56. The number of hydrogen-bond acceptors (Lipinski definition) is 5. The molecule has 2 saturated heterocycles. The molecule has 0 bridgehead atoms. The van der Waals surface area contributed by atoms with E-state index in [4.69, 9.17) is 4.74 Å². The van der Waals surface area contributed by atoms with Crippen LogP contribution in [0.1, 0.15) is 58.4 Å². The lowest BCUT2D eigenvalue weighted by atomic mass is 9.96. The van der Waals surface area contributed by atoms with Crippen molar-refractivity contribution in [2.24, 2.45) is 0 Å². The third-order valence-electron chi connectivity index (χ3n) is 8.56. The average molecular weight is 561 g/mol. The number of likely N-dealkylation sites (N-methyl/N-ethyl adjacent to an activating group) is 1. The number of carbonyl (C=O) groups excluding carboxylic acids is 1. The summed E-state index contributed by atoms with van der Waals surface area (Å²) in [5.74, 6) is 0.720. The summed E-state index contributed by atoms with van der Waals surface area (Å²) in [6.07, 6.45) is -2.22. The zero-order valence-electron chi connectivity index (χ0n) is 24.3. The molecule has 2 aliphatic rings. The molecule has 1 unspecified atom stereocenters. The van der Waals surface area contributed by atoms with Gasteiger partial charge in [-0.15, -0.1) is 0 Å². The Kier molecular flexibility index (Phi) is 10.1. The van der Waals surface area contributed by atoms with Crippen molar-refractivity contribution in [3.05, 3.63) is 64.2 Å². The number of alkyl halides is 3. The Balaban J connectivity index is 1.25. The fourth-order valence-corrected chi connectivity index (χ4v) is 5.61. The van der Waals surface area contributed by atoms with Crippen molar-refractivity contribution in [3.8, 4) is 5.75 Å². The van der Waals surface area contributed by atoms with Crippen LogP contribution in [-0.4, -0.2) is 98.1 Å². The van der Waals surface area contributed by atoms with Crippen LogP contribution in [0.4, 0.5) is 13.2 Å². The second kappa shape index (κ2) is 13.4. The first kappa shape index (κ1) is 30.3. The van der Waals surface area contributed by atoms with E-state index in [-0.39, 0.29) is 17.5 Å². The number of rotatable bonds is 9. The lowest BCUT2D eigenvalue weighted by Crippen LogP contribution is -2.49. The first-order valence-electron chi connectivity index (χ1n) is 14.4. The van der Waals surface area contributed by atoms with Crippen molar-refractivity contribution in [2.45, 2.75) is 45.8 Å². The standard InChI is InChI=1S/C31H43F3N4O2/c1-23-24(2)29(40-22-6-5-13-36-16-14-35(4)15-17-36)12-11-28(23)25(3)37-18-20-38(21-19-37)30(39)26-7-9-27(10-8-26)31(32,33)34/h7-12,25H,5-6,13-22H2,1-4H3. The maximum Gasteiger partial charge on any atom is 0.416 e. The molecule has 0 aliphatic carbocycles. The lowest BCUT2D eigenvalue weighted by molar-refractivity contribution is -0.137. The Bertz CT molecular complexity index is 1120. The normalized spacial score (nSPS) is 18.6. The Morgan fingerprint density at radius 3 is 2.15 bits per heavy atom. The monoisotopic (exact) mass is 560 g/mol. The van der Waals surface area contributed by atoms with E-state index in [1.54, 1.807) is 4.90 Å². The highest BCUT2D eigenvalue weighted by atomic mass is 19.4. The summed E-state index contributed by atoms with van der Waals surface area (Å²) in [6, 6.07) is 8.90. The molecule has 220 valence electrons. The van der Waals surface area contributed by atoms with E-state index >= 15 is 0 Å². The highest BCUT2D eigenvalue weighted by Gasteiger charge is 2.31. The molecule has 2 aliphatic heterocycles. The minimum atomic E-state index is -4.41. The van der Waals surface area contributed by atoms with Gasteiger partial charge in [-0.25, -0.2) is 0 Å². The number of ether oxygens (including phenoxy) is 1. The molecule has 2 aromatic rings. The van der Waals surface area contributed by atoms with Crippen LogP contribution in [0.5, 0.6) is 5.75 Å². The number of benzene rings is 2. The number of hydrogen-bond donors (Lipinski definition) is 0. The molecule has 9 heteroatoms. The second-order valence-corrected chi connectivity index (χ2v) is 11.2. The Hall–Kier alpha value is -2.62. The van der Waals surface area contributed by atoms with E-state index in [9.17, 15) is 18.0 Å². The van der Waals surface area contributed by atoms with E-state index in [2.05, 4.69) is 54.7 Å². The predicted molar refractivity (Wildman–Crippen MR) is 152 cm³/mol. The van der Waals surface area contributed by atoms with Gasteiger partial charge in [-0.05, 0) is 94.2 Å². The molecule has 0 spiro atoms. The van der Waals surface area contributed by atoms with E-state index in [0.29, 0.717) is 26.2 Å². The first-order chi connectivity index (χ1) is 19.0. The zero-order valence-corrected chi connectivity index (χ0v) is 24.3. The van der Waals surface area contributed by atoms with Gasteiger partial charge >= 0.3 is 6.18 Å². The Labute approximate surface area is 236 Å². The number of nitrogens with zero attached hydrogens (tertiary/aromatic N) is 4. The van der Waals surface area contributed by atoms with Gasteiger partial charge in [-0.1, -0.05) is 6.07 Å². The summed E-state index contributed by atoms with van der Waals surface area (Å²) >= 11 is 0. The summed E-state index contributed by atoms with van der Waals surface area (Å²) in [6.45, 7) is 15.4. The van der Waals surface area contributed by atoms with Crippen molar-refractivity contribution in [1.29, 1.82) is 0 Å². The highest BCUT2D eigenvalue weighted by molar-refractivity contribution is 5.94. The molecule has 0 saturated carbocycles. The molecule has 2 heterocycles. The molecule has 6 nitrogen and oxygen atoms in total. The summed E-state index contributed by atoms with van der Waals surface area (Å²) < 4.78 is 44.7. The van der Waals surface area contributed by atoms with E-state index < -0.39 is 11.7 Å². The minimum Gasteiger partial charge on any atom is -0.493 e. The maximum absolute atomic E-state index is 12.9. The van der Waals surface area contributed by atoms with Crippen LogP contribution in [0.25, 0.3) is 0 Å². The van der Waals surface area contributed by atoms with Crippen molar-refractivity contribution >= 4 is 5.91 Å². The predicted octanol–water partition coefficient (Wildman–Crippen LogP) is 5.25.